The second kappa shape index (κ2) is 7.79. The van der Waals surface area contributed by atoms with Crippen molar-refractivity contribution in [1.82, 2.24) is 15.5 Å². The maximum Gasteiger partial charge on any atom is 0.325 e. The Morgan fingerprint density at radius 3 is 2.52 bits per heavy atom. The molecule has 1 aromatic carbocycles. The number of rotatable bonds is 6. The number of imide groups is 1. The summed E-state index contributed by atoms with van der Waals surface area (Å²) < 4.78 is 0. The number of carbonyl (C=O) groups excluding carboxylic acids is 2. The van der Waals surface area contributed by atoms with Crippen LogP contribution in [-0.4, -0.2) is 35.5 Å². The number of carbonyl (C=O) groups is 2. The topological polar surface area (TPSA) is 61.4 Å². The Labute approximate surface area is 143 Å². The van der Waals surface area contributed by atoms with Crippen molar-refractivity contribution >= 4 is 24.3 Å². The maximum atomic E-state index is 12.4. The van der Waals surface area contributed by atoms with Crippen LogP contribution in [-0.2, 0) is 11.3 Å². The van der Waals surface area contributed by atoms with Crippen molar-refractivity contribution in [2.45, 2.75) is 44.2 Å². The Kier molecular flexibility index (Phi) is 6.02. The van der Waals surface area contributed by atoms with Gasteiger partial charge in [-0.2, -0.15) is 0 Å². The van der Waals surface area contributed by atoms with Crippen LogP contribution in [0.5, 0.6) is 0 Å². The Hall–Kier alpha value is -1.59. The molecule has 0 atom stereocenters. The highest BCUT2D eigenvalue weighted by atomic mass is 35.5. The van der Waals surface area contributed by atoms with Gasteiger partial charge in [0.2, 0.25) is 0 Å². The highest BCUT2D eigenvalue weighted by molar-refractivity contribution is 6.07. The average Bonchev–Trinajstić information content (AvgIpc) is 3.08. The van der Waals surface area contributed by atoms with Gasteiger partial charge in [0.25, 0.3) is 5.91 Å². The fourth-order valence-electron chi connectivity index (χ4n) is 3.39. The number of hydrogen-bond acceptors (Lipinski definition) is 3. The highest BCUT2D eigenvalue weighted by Crippen LogP contribution is 2.34. The van der Waals surface area contributed by atoms with Crippen molar-refractivity contribution in [2.75, 3.05) is 13.1 Å². The first-order valence-corrected chi connectivity index (χ1v) is 8.10. The van der Waals surface area contributed by atoms with Crippen molar-refractivity contribution in [3.8, 4) is 0 Å². The third-order valence-corrected chi connectivity index (χ3v) is 4.61. The van der Waals surface area contributed by atoms with E-state index in [1.165, 1.54) is 10.5 Å². The SMILES string of the molecule is Cl.O=C1NC2(CCCC2)C(=O)N1CCCNCc1ccccc1. The molecule has 1 aromatic rings. The molecule has 0 aromatic heterocycles. The predicted molar refractivity (Wildman–Crippen MR) is 91.5 cm³/mol. The Morgan fingerprint density at radius 2 is 1.83 bits per heavy atom. The van der Waals surface area contributed by atoms with Gasteiger partial charge in [-0.3, -0.25) is 9.69 Å². The number of nitrogens with zero attached hydrogens (tertiary/aromatic N) is 1. The first kappa shape index (κ1) is 17.8. The molecular weight excluding hydrogens is 314 g/mol. The third-order valence-electron chi connectivity index (χ3n) is 4.61. The standard InChI is InChI=1S/C17H23N3O2.ClH/c21-15-17(9-4-5-10-17)19-16(22)20(15)12-6-11-18-13-14-7-2-1-3-8-14;/h1-3,7-8,18H,4-6,9-13H2,(H,19,22);1H. The number of amides is 3. The van der Waals surface area contributed by atoms with Crippen LogP contribution in [0.25, 0.3) is 0 Å². The molecule has 3 amide bonds. The van der Waals surface area contributed by atoms with Crippen molar-refractivity contribution in [2.24, 2.45) is 0 Å². The zero-order valence-electron chi connectivity index (χ0n) is 13.2. The second-order valence-electron chi connectivity index (χ2n) is 6.19. The fraction of sp³-hybridized carbons (Fsp3) is 0.529. The molecule has 6 heteroatoms. The normalized spacial score (nSPS) is 19.0. The Bertz CT molecular complexity index is 544. The van der Waals surface area contributed by atoms with Crippen LogP contribution in [0, 0.1) is 0 Å². The van der Waals surface area contributed by atoms with Crippen LogP contribution in [0.1, 0.15) is 37.7 Å². The molecule has 1 saturated heterocycles. The van der Waals surface area contributed by atoms with Crippen LogP contribution in [0.2, 0.25) is 0 Å². The van der Waals surface area contributed by atoms with E-state index < -0.39 is 5.54 Å². The highest BCUT2D eigenvalue weighted by Gasteiger charge is 2.51. The first-order chi connectivity index (χ1) is 10.7. The fourth-order valence-corrected chi connectivity index (χ4v) is 3.39. The molecule has 0 unspecified atom stereocenters. The summed E-state index contributed by atoms with van der Waals surface area (Å²) in [7, 11) is 0. The number of nitrogens with one attached hydrogen (secondary N) is 2. The van der Waals surface area contributed by atoms with Crippen molar-refractivity contribution in [3.63, 3.8) is 0 Å². The molecule has 2 fully saturated rings. The molecule has 1 aliphatic carbocycles. The van der Waals surface area contributed by atoms with E-state index in [1.807, 2.05) is 18.2 Å². The minimum absolute atomic E-state index is 0. The van der Waals surface area contributed by atoms with E-state index in [0.717, 1.165) is 45.2 Å². The van der Waals surface area contributed by atoms with Crippen LogP contribution in [0.15, 0.2) is 30.3 Å². The quantitative estimate of drug-likeness (QED) is 0.619. The summed E-state index contributed by atoms with van der Waals surface area (Å²) in [5.41, 5.74) is 0.663. The van der Waals surface area contributed by atoms with E-state index >= 15 is 0 Å². The molecule has 1 spiro atoms. The molecular formula is C17H24ClN3O2. The van der Waals surface area contributed by atoms with E-state index in [-0.39, 0.29) is 24.3 Å². The summed E-state index contributed by atoms with van der Waals surface area (Å²) >= 11 is 0. The lowest BCUT2D eigenvalue weighted by atomic mass is 9.98. The summed E-state index contributed by atoms with van der Waals surface area (Å²) in [6.45, 7) is 2.10. The summed E-state index contributed by atoms with van der Waals surface area (Å²) in [6.07, 6.45) is 4.42. The van der Waals surface area contributed by atoms with Crippen LogP contribution in [0.3, 0.4) is 0 Å². The molecule has 3 rings (SSSR count). The molecule has 0 bridgehead atoms. The lowest BCUT2D eigenvalue weighted by Crippen LogP contribution is -2.44. The number of urea groups is 1. The predicted octanol–water partition coefficient (Wildman–Crippen LogP) is 2.45. The van der Waals surface area contributed by atoms with E-state index in [4.69, 9.17) is 0 Å². The maximum absolute atomic E-state index is 12.4. The smallest absolute Gasteiger partial charge is 0.323 e. The van der Waals surface area contributed by atoms with Gasteiger partial charge >= 0.3 is 6.03 Å². The van der Waals surface area contributed by atoms with Gasteiger partial charge in [0.1, 0.15) is 5.54 Å². The van der Waals surface area contributed by atoms with Gasteiger partial charge in [0.15, 0.2) is 0 Å². The van der Waals surface area contributed by atoms with Crippen LogP contribution in [0.4, 0.5) is 4.79 Å². The van der Waals surface area contributed by atoms with Crippen molar-refractivity contribution < 1.29 is 9.59 Å². The molecule has 1 aliphatic heterocycles. The number of hydrogen-bond donors (Lipinski definition) is 2. The Morgan fingerprint density at radius 1 is 1.13 bits per heavy atom. The monoisotopic (exact) mass is 337 g/mol. The number of halogens is 1. The van der Waals surface area contributed by atoms with Gasteiger partial charge in [0.05, 0.1) is 0 Å². The van der Waals surface area contributed by atoms with Gasteiger partial charge in [-0.25, -0.2) is 4.79 Å². The molecule has 2 N–H and O–H groups in total. The summed E-state index contributed by atoms with van der Waals surface area (Å²) in [4.78, 5) is 25.9. The van der Waals surface area contributed by atoms with Crippen LogP contribution >= 0.6 is 12.4 Å². The molecule has 2 aliphatic rings. The van der Waals surface area contributed by atoms with E-state index in [1.54, 1.807) is 0 Å². The van der Waals surface area contributed by atoms with E-state index in [9.17, 15) is 9.59 Å². The molecule has 23 heavy (non-hydrogen) atoms. The first-order valence-electron chi connectivity index (χ1n) is 8.10. The van der Waals surface area contributed by atoms with E-state index in [2.05, 4.69) is 22.8 Å². The Balaban J connectivity index is 0.00000192. The lowest BCUT2D eigenvalue weighted by molar-refractivity contribution is -0.131. The van der Waals surface area contributed by atoms with E-state index in [0.29, 0.717) is 6.54 Å². The zero-order valence-corrected chi connectivity index (χ0v) is 14.0. The third kappa shape index (κ3) is 3.85. The summed E-state index contributed by atoms with van der Waals surface area (Å²) in [5, 5.41) is 6.26. The second-order valence-corrected chi connectivity index (χ2v) is 6.19. The molecule has 5 nitrogen and oxygen atoms in total. The minimum atomic E-state index is -0.575. The van der Waals surface area contributed by atoms with Gasteiger partial charge < -0.3 is 10.6 Å². The summed E-state index contributed by atoms with van der Waals surface area (Å²) in [5.74, 6) is -0.0157. The van der Waals surface area contributed by atoms with Crippen molar-refractivity contribution in [1.29, 1.82) is 0 Å². The lowest BCUT2D eigenvalue weighted by Gasteiger charge is -2.20. The molecule has 126 valence electrons. The summed E-state index contributed by atoms with van der Waals surface area (Å²) in [6, 6.07) is 9.98. The van der Waals surface area contributed by atoms with Gasteiger partial charge in [-0.15, -0.1) is 12.4 Å². The molecule has 1 saturated carbocycles. The minimum Gasteiger partial charge on any atom is -0.323 e. The van der Waals surface area contributed by atoms with Crippen molar-refractivity contribution in [3.05, 3.63) is 35.9 Å². The zero-order chi connectivity index (χ0) is 15.4. The molecule has 0 radical (unpaired) electrons. The average molecular weight is 338 g/mol. The van der Waals surface area contributed by atoms with Gasteiger partial charge in [0, 0.05) is 13.1 Å². The molecule has 1 heterocycles. The van der Waals surface area contributed by atoms with Crippen LogP contribution < -0.4 is 10.6 Å². The largest absolute Gasteiger partial charge is 0.325 e. The van der Waals surface area contributed by atoms with Gasteiger partial charge in [-0.1, -0.05) is 43.2 Å². The van der Waals surface area contributed by atoms with Gasteiger partial charge in [-0.05, 0) is 31.4 Å². The number of benzene rings is 1.